The van der Waals surface area contributed by atoms with E-state index in [1.54, 1.807) is 67.6 Å². The first-order chi connectivity index (χ1) is 18.2. The molecule has 8 heteroatoms. The number of carbonyl (C=O) groups is 3. The van der Waals surface area contributed by atoms with Crippen molar-refractivity contribution in [3.63, 3.8) is 0 Å². The molecule has 0 aliphatic carbocycles. The van der Waals surface area contributed by atoms with E-state index >= 15 is 0 Å². The molecule has 3 aromatic carbocycles. The topological polar surface area (TPSA) is 122 Å². The summed E-state index contributed by atoms with van der Waals surface area (Å²) >= 11 is 0. The molecule has 0 unspecified atom stereocenters. The highest BCUT2D eigenvalue weighted by molar-refractivity contribution is 5.98. The van der Waals surface area contributed by atoms with Crippen LogP contribution in [0, 0.1) is 17.7 Å². The van der Waals surface area contributed by atoms with Gasteiger partial charge >= 0.3 is 0 Å². The van der Waals surface area contributed by atoms with Crippen molar-refractivity contribution in [1.82, 2.24) is 5.32 Å². The van der Waals surface area contributed by atoms with Crippen LogP contribution in [0.4, 0.5) is 10.1 Å². The summed E-state index contributed by atoms with van der Waals surface area (Å²) < 4.78 is 13.0. The third kappa shape index (κ3) is 8.66. The number of benzene rings is 3. The van der Waals surface area contributed by atoms with Gasteiger partial charge in [-0.25, -0.2) is 4.39 Å². The van der Waals surface area contributed by atoms with Gasteiger partial charge in [0.1, 0.15) is 18.5 Å². The number of amides is 2. The number of nitrogens with one attached hydrogen (secondary N) is 2. The summed E-state index contributed by atoms with van der Waals surface area (Å²) in [6.07, 6.45) is 1.72. The van der Waals surface area contributed by atoms with Crippen LogP contribution in [0.5, 0.6) is 0 Å². The molecule has 0 aliphatic rings. The van der Waals surface area contributed by atoms with E-state index in [2.05, 4.69) is 22.5 Å². The minimum absolute atomic E-state index is 0.0944. The number of aryl methyl sites for hydroxylation is 1. The van der Waals surface area contributed by atoms with Crippen molar-refractivity contribution in [3.8, 4) is 11.8 Å². The lowest BCUT2D eigenvalue weighted by Crippen LogP contribution is -2.52. The first kappa shape index (κ1) is 28.3. The number of hydrogen-bond donors (Lipinski definition) is 4. The van der Waals surface area contributed by atoms with E-state index in [4.69, 9.17) is 10.8 Å². The first-order valence-electron chi connectivity index (χ1n) is 12.2. The van der Waals surface area contributed by atoms with E-state index in [1.807, 2.05) is 0 Å². The quantitative estimate of drug-likeness (QED) is 0.309. The molecule has 0 radical (unpaired) electrons. The average Bonchev–Trinajstić information content (AvgIpc) is 2.92. The highest BCUT2D eigenvalue weighted by atomic mass is 19.1. The maximum atomic E-state index is 13.0. The zero-order valence-corrected chi connectivity index (χ0v) is 21.0. The number of nitrogens with two attached hydrogens (primary N) is 1. The fourth-order valence-electron chi connectivity index (χ4n) is 3.64. The van der Waals surface area contributed by atoms with Crippen LogP contribution < -0.4 is 16.4 Å². The minimum Gasteiger partial charge on any atom is -0.388 e. The second kappa shape index (κ2) is 13.8. The van der Waals surface area contributed by atoms with Gasteiger partial charge in [-0.2, -0.15) is 0 Å². The van der Waals surface area contributed by atoms with E-state index in [9.17, 15) is 18.8 Å². The van der Waals surface area contributed by atoms with Crippen molar-refractivity contribution in [2.24, 2.45) is 5.73 Å². The zero-order valence-electron chi connectivity index (χ0n) is 21.0. The third-order valence-electron chi connectivity index (χ3n) is 5.76. The molecule has 3 aromatic rings. The molecule has 0 heterocycles. The molecule has 0 spiro atoms. The number of aliphatic hydroxyl groups is 1. The van der Waals surface area contributed by atoms with Gasteiger partial charge in [-0.3, -0.25) is 14.4 Å². The molecule has 0 saturated heterocycles. The normalized spacial score (nSPS) is 12.0. The monoisotopic (exact) mass is 515 g/mol. The lowest BCUT2D eigenvalue weighted by atomic mass is 10.0. The Balaban J connectivity index is 1.50. The van der Waals surface area contributed by atoms with Crippen LogP contribution in [0.3, 0.4) is 0 Å². The van der Waals surface area contributed by atoms with Crippen LogP contribution in [-0.4, -0.2) is 41.4 Å². The maximum absolute atomic E-state index is 13.0. The van der Waals surface area contributed by atoms with Crippen molar-refractivity contribution in [3.05, 3.63) is 101 Å². The van der Waals surface area contributed by atoms with E-state index in [-0.39, 0.29) is 11.7 Å². The molecule has 0 aromatic heterocycles. The Labute approximate surface area is 221 Å². The molecule has 3 rings (SSSR count). The van der Waals surface area contributed by atoms with E-state index in [0.717, 1.165) is 11.1 Å². The standard InChI is InChI=1S/C30H30FN3O4/c1-20(32)29(27(36)19-35)34-30(38)24-13-7-22(8-14-24)5-6-23-11-17-26(18-12-23)33-28(37)4-2-3-21-9-15-25(31)16-10-21/h7-18,20,29,35H,2-4,19,32H2,1H3,(H,33,37)(H,34,38)/t20-,29+/m1/s1. The van der Waals surface area contributed by atoms with Gasteiger partial charge in [0.05, 0.1) is 0 Å². The van der Waals surface area contributed by atoms with Crippen LogP contribution in [-0.2, 0) is 16.0 Å². The number of carbonyl (C=O) groups excluding carboxylic acids is 3. The zero-order chi connectivity index (χ0) is 27.5. The number of aliphatic hydroxyl groups excluding tert-OH is 1. The Morgan fingerprint density at radius 2 is 1.50 bits per heavy atom. The van der Waals surface area contributed by atoms with Gasteiger partial charge in [0.2, 0.25) is 5.91 Å². The van der Waals surface area contributed by atoms with Gasteiger partial charge in [-0.1, -0.05) is 24.0 Å². The number of rotatable bonds is 10. The number of ketones is 1. The first-order valence-corrected chi connectivity index (χ1v) is 12.2. The largest absolute Gasteiger partial charge is 0.388 e. The molecule has 196 valence electrons. The van der Waals surface area contributed by atoms with Crippen molar-refractivity contribution in [1.29, 1.82) is 0 Å². The Bertz CT molecular complexity index is 1310. The average molecular weight is 516 g/mol. The molecule has 38 heavy (non-hydrogen) atoms. The number of halogens is 1. The van der Waals surface area contributed by atoms with E-state index in [0.29, 0.717) is 36.1 Å². The maximum Gasteiger partial charge on any atom is 0.251 e. The molecular weight excluding hydrogens is 485 g/mol. The van der Waals surface area contributed by atoms with Gasteiger partial charge in [-0.15, -0.1) is 0 Å². The summed E-state index contributed by atoms with van der Waals surface area (Å²) in [6, 6.07) is 18.4. The van der Waals surface area contributed by atoms with Crippen molar-refractivity contribution >= 4 is 23.3 Å². The highest BCUT2D eigenvalue weighted by Crippen LogP contribution is 2.12. The molecule has 2 amide bonds. The second-order valence-electron chi connectivity index (χ2n) is 8.87. The van der Waals surface area contributed by atoms with Crippen LogP contribution in [0.2, 0.25) is 0 Å². The van der Waals surface area contributed by atoms with Gasteiger partial charge in [0.25, 0.3) is 5.91 Å². The highest BCUT2D eigenvalue weighted by Gasteiger charge is 2.24. The SMILES string of the molecule is C[C@@H](N)[C@H](NC(=O)c1ccc(C#Cc2ccc(NC(=O)CCCc3ccc(F)cc3)cc2)cc1)C(=O)CO. The molecule has 2 atom stereocenters. The summed E-state index contributed by atoms with van der Waals surface area (Å²) in [5, 5.41) is 14.5. The number of anilines is 1. The molecule has 0 fully saturated rings. The predicted molar refractivity (Wildman–Crippen MR) is 144 cm³/mol. The van der Waals surface area contributed by atoms with E-state index < -0.39 is 30.4 Å². The van der Waals surface area contributed by atoms with Crippen LogP contribution in [0.25, 0.3) is 0 Å². The van der Waals surface area contributed by atoms with E-state index in [1.165, 1.54) is 12.1 Å². The Morgan fingerprint density at radius 1 is 0.921 bits per heavy atom. The summed E-state index contributed by atoms with van der Waals surface area (Å²) in [5.41, 5.74) is 9.18. The fourth-order valence-corrected chi connectivity index (χ4v) is 3.64. The van der Waals surface area contributed by atoms with Crippen molar-refractivity contribution in [2.75, 3.05) is 11.9 Å². The van der Waals surface area contributed by atoms with Crippen LogP contribution >= 0.6 is 0 Å². The summed E-state index contributed by atoms with van der Waals surface area (Å²) in [6.45, 7) is 0.878. The number of hydrogen-bond acceptors (Lipinski definition) is 5. The molecular formula is C30H30FN3O4. The molecule has 0 aliphatic heterocycles. The summed E-state index contributed by atoms with van der Waals surface area (Å²) in [7, 11) is 0. The Morgan fingerprint density at radius 3 is 2.05 bits per heavy atom. The minimum atomic E-state index is -0.971. The molecule has 7 nitrogen and oxygen atoms in total. The molecule has 5 N–H and O–H groups in total. The smallest absolute Gasteiger partial charge is 0.251 e. The van der Waals surface area contributed by atoms with Crippen LogP contribution in [0.1, 0.15) is 46.8 Å². The second-order valence-corrected chi connectivity index (χ2v) is 8.87. The summed E-state index contributed by atoms with van der Waals surface area (Å²) in [5.74, 6) is 4.67. The third-order valence-corrected chi connectivity index (χ3v) is 5.76. The lowest BCUT2D eigenvalue weighted by molar-refractivity contribution is -0.124. The number of Topliss-reactive ketones (excluding diaryl/α,β-unsaturated/α-hetero) is 1. The van der Waals surface area contributed by atoms with Crippen molar-refractivity contribution < 1.29 is 23.9 Å². The van der Waals surface area contributed by atoms with Gasteiger partial charge < -0.3 is 21.5 Å². The van der Waals surface area contributed by atoms with Gasteiger partial charge in [0, 0.05) is 34.8 Å². The lowest BCUT2D eigenvalue weighted by Gasteiger charge is -2.20. The molecule has 0 saturated carbocycles. The van der Waals surface area contributed by atoms with Crippen LogP contribution in [0.15, 0.2) is 72.8 Å². The fraction of sp³-hybridized carbons (Fsp3) is 0.233. The van der Waals surface area contributed by atoms with Gasteiger partial charge in [0.15, 0.2) is 5.78 Å². The predicted octanol–water partition coefficient (Wildman–Crippen LogP) is 3.19. The summed E-state index contributed by atoms with van der Waals surface area (Å²) in [4.78, 5) is 36.4. The Hall–Kier alpha value is -4.32. The van der Waals surface area contributed by atoms with Gasteiger partial charge in [-0.05, 0) is 86.0 Å². The van der Waals surface area contributed by atoms with Crippen molar-refractivity contribution in [2.45, 2.75) is 38.3 Å². The Kier molecular flexibility index (Phi) is 10.3. The molecule has 0 bridgehead atoms.